The van der Waals surface area contributed by atoms with Crippen molar-refractivity contribution in [2.45, 2.75) is 82.8 Å². The Morgan fingerprint density at radius 1 is 1.15 bits per heavy atom. The third-order valence-corrected chi connectivity index (χ3v) is 8.68. The number of carbonyl (C=O) groups is 2. The zero-order chi connectivity index (χ0) is 28.5. The summed E-state index contributed by atoms with van der Waals surface area (Å²) < 4.78 is 15.6. The molecule has 4 N–H and O–H groups in total. The molecule has 2 unspecified atom stereocenters. The summed E-state index contributed by atoms with van der Waals surface area (Å²) in [7, 11) is 0. The molecule has 7 nitrogen and oxygen atoms in total. The molecule has 0 spiro atoms. The van der Waals surface area contributed by atoms with Crippen LogP contribution in [0.4, 0.5) is 9.18 Å². The maximum Gasteiger partial charge on any atom is 0.404 e. The van der Waals surface area contributed by atoms with Crippen molar-refractivity contribution in [1.82, 2.24) is 15.5 Å². The van der Waals surface area contributed by atoms with Crippen LogP contribution in [-0.2, 0) is 16.8 Å². The lowest BCUT2D eigenvalue weighted by Crippen LogP contribution is -2.49. The fourth-order valence-electron chi connectivity index (χ4n) is 6.46. The van der Waals surface area contributed by atoms with Crippen molar-refractivity contribution in [2.75, 3.05) is 26.2 Å². The zero-order valence-corrected chi connectivity index (χ0v) is 23.6. The van der Waals surface area contributed by atoms with Gasteiger partial charge < -0.3 is 25.7 Å². The Balaban J connectivity index is 1.61. The number of nitrogens with one attached hydrogen (secondary N) is 2. The first-order valence-electron chi connectivity index (χ1n) is 14.9. The Kier molecular flexibility index (Phi) is 10.6. The van der Waals surface area contributed by atoms with Crippen molar-refractivity contribution in [3.05, 3.63) is 59.4 Å². The number of benzene rings is 2. The minimum Gasteiger partial charge on any atom is -0.465 e. The van der Waals surface area contributed by atoms with E-state index in [1.807, 2.05) is 36.1 Å². The maximum atomic E-state index is 15.6. The largest absolute Gasteiger partial charge is 0.465 e. The van der Waals surface area contributed by atoms with Gasteiger partial charge in [-0.25, -0.2) is 9.18 Å². The summed E-state index contributed by atoms with van der Waals surface area (Å²) in [6, 6.07) is 12.9. The second kappa shape index (κ2) is 14.1. The van der Waals surface area contributed by atoms with Crippen LogP contribution in [0.2, 0.25) is 0 Å². The van der Waals surface area contributed by atoms with Gasteiger partial charge in [0.1, 0.15) is 5.82 Å². The first kappa shape index (κ1) is 30.0. The molecule has 2 aromatic rings. The van der Waals surface area contributed by atoms with Gasteiger partial charge in [0.15, 0.2) is 0 Å². The molecule has 3 atom stereocenters. The number of nitrogens with zero attached hydrogens (tertiary/aromatic N) is 1. The van der Waals surface area contributed by atoms with Crippen LogP contribution in [-0.4, -0.2) is 59.3 Å². The highest BCUT2D eigenvalue weighted by Crippen LogP contribution is 2.44. The number of hydrogen-bond acceptors (Lipinski definition) is 4. The van der Waals surface area contributed by atoms with Crippen LogP contribution >= 0.6 is 0 Å². The summed E-state index contributed by atoms with van der Waals surface area (Å²) >= 11 is 0. The Morgan fingerprint density at radius 2 is 1.98 bits per heavy atom. The Hall–Kier alpha value is -2.97. The molecule has 2 aliphatic rings. The number of rotatable bonds is 11. The number of aliphatic hydroxyl groups is 1. The van der Waals surface area contributed by atoms with Crippen LogP contribution in [0.1, 0.15) is 75.8 Å². The second-order valence-corrected chi connectivity index (χ2v) is 11.3. The molecular weight excluding hydrogens is 509 g/mol. The molecule has 0 radical (unpaired) electrons. The summed E-state index contributed by atoms with van der Waals surface area (Å²) in [5.41, 5.74) is 1.21. The van der Waals surface area contributed by atoms with E-state index in [9.17, 15) is 14.7 Å². The first-order chi connectivity index (χ1) is 19.3. The molecule has 2 saturated heterocycles. The van der Waals surface area contributed by atoms with Crippen LogP contribution < -0.4 is 10.6 Å². The van der Waals surface area contributed by atoms with Crippen molar-refractivity contribution in [3.63, 3.8) is 0 Å². The molecule has 4 rings (SSSR count). The zero-order valence-electron chi connectivity index (χ0n) is 23.6. The van der Waals surface area contributed by atoms with Crippen LogP contribution in [0.3, 0.4) is 0 Å². The molecule has 2 amide bonds. The topological polar surface area (TPSA) is 102 Å². The van der Waals surface area contributed by atoms with Gasteiger partial charge in [0.2, 0.25) is 5.91 Å². The highest BCUT2D eigenvalue weighted by molar-refractivity contribution is 5.76. The molecule has 0 bridgehead atoms. The molecule has 2 heterocycles. The van der Waals surface area contributed by atoms with Gasteiger partial charge in [-0.15, -0.1) is 0 Å². The fourth-order valence-corrected chi connectivity index (χ4v) is 6.46. The normalized spacial score (nSPS) is 21.0. The Morgan fingerprint density at radius 3 is 2.73 bits per heavy atom. The van der Waals surface area contributed by atoms with Crippen molar-refractivity contribution in [2.24, 2.45) is 5.92 Å². The molecule has 2 fully saturated rings. The number of piperidine rings is 2. The summed E-state index contributed by atoms with van der Waals surface area (Å²) in [6.45, 7) is 4.28. The van der Waals surface area contributed by atoms with E-state index in [0.717, 1.165) is 37.8 Å². The summed E-state index contributed by atoms with van der Waals surface area (Å²) in [6.07, 6.45) is 6.52. The van der Waals surface area contributed by atoms with E-state index in [1.165, 1.54) is 18.9 Å². The van der Waals surface area contributed by atoms with E-state index >= 15 is 4.39 Å². The summed E-state index contributed by atoms with van der Waals surface area (Å²) in [4.78, 5) is 26.2. The SMILES string of the molecule is CCc1cccc(-c2c(F)cccc2[C@](O)(CCCNC(=O)O)C2CCCN(C(=O)CCC3CCCCN3)C2)c1. The lowest BCUT2D eigenvalue weighted by Gasteiger charge is -2.44. The minimum atomic E-state index is -1.44. The maximum absolute atomic E-state index is 15.6. The molecule has 0 saturated carbocycles. The van der Waals surface area contributed by atoms with Crippen molar-refractivity contribution in [3.8, 4) is 11.1 Å². The number of likely N-dealkylation sites (tertiary alicyclic amines) is 1. The van der Waals surface area contributed by atoms with Gasteiger partial charge in [0.25, 0.3) is 0 Å². The van der Waals surface area contributed by atoms with Gasteiger partial charge in [-0.05, 0) is 80.7 Å². The Bertz CT molecular complexity index is 1150. The third-order valence-electron chi connectivity index (χ3n) is 8.68. The minimum absolute atomic E-state index is 0.0991. The van der Waals surface area contributed by atoms with Crippen LogP contribution in [0, 0.1) is 11.7 Å². The van der Waals surface area contributed by atoms with E-state index < -0.39 is 17.5 Å². The fraction of sp³-hybridized carbons (Fsp3) is 0.562. The number of halogens is 1. The predicted octanol–water partition coefficient (Wildman–Crippen LogP) is 5.45. The number of amides is 2. The van der Waals surface area contributed by atoms with Crippen molar-refractivity contribution >= 4 is 12.0 Å². The van der Waals surface area contributed by atoms with Crippen molar-refractivity contribution < 1.29 is 24.2 Å². The van der Waals surface area contributed by atoms with Gasteiger partial charge in [-0.3, -0.25) is 4.79 Å². The molecule has 2 aliphatic heterocycles. The standard InChI is InChI=1S/C32H44FN3O4/c1-2-23-9-5-10-24(21-23)30-27(13-6-14-28(30)33)32(40,17-8-19-35-31(38)39)25-11-7-20-36(22-25)29(37)16-15-26-12-3-4-18-34-26/h5-6,9-10,13-14,21,25-26,34-35,40H,2-4,7-8,11-12,15-20,22H2,1H3,(H,38,39)/t25?,26?,32-/m0/s1. The number of aryl methyl sites for hydroxylation is 1. The lowest BCUT2D eigenvalue weighted by molar-refractivity contribution is -0.137. The van der Waals surface area contributed by atoms with Crippen LogP contribution in [0.15, 0.2) is 42.5 Å². The first-order valence-corrected chi connectivity index (χ1v) is 14.9. The molecule has 8 heteroatoms. The van der Waals surface area contributed by atoms with Gasteiger partial charge in [0.05, 0.1) is 5.60 Å². The summed E-state index contributed by atoms with van der Waals surface area (Å²) in [5, 5.41) is 27.5. The van der Waals surface area contributed by atoms with E-state index in [4.69, 9.17) is 5.11 Å². The highest BCUT2D eigenvalue weighted by atomic mass is 19.1. The Labute approximate surface area is 237 Å². The van der Waals surface area contributed by atoms with Crippen LogP contribution in [0.25, 0.3) is 11.1 Å². The van der Waals surface area contributed by atoms with Gasteiger partial charge in [-0.1, -0.05) is 49.7 Å². The lowest BCUT2D eigenvalue weighted by atomic mass is 9.72. The monoisotopic (exact) mass is 553 g/mol. The number of carboxylic acid groups (broad SMARTS) is 1. The van der Waals surface area contributed by atoms with Gasteiger partial charge in [-0.2, -0.15) is 0 Å². The third kappa shape index (κ3) is 7.40. The summed E-state index contributed by atoms with van der Waals surface area (Å²) in [5.74, 6) is -0.614. The van der Waals surface area contributed by atoms with E-state index in [-0.39, 0.29) is 24.8 Å². The van der Waals surface area contributed by atoms with E-state index in [2.05, 4.69) is 10.6 Å². The molecule has 218 valence electrons. The van der Waals surface area contributed by atoms with Gasteiger partial charge in [0, 0.05) is 43.6 Å². The van der Waals surface area contributed by atoms with E-state index in [0.29, 0.717) is 55.1 Å². The molecule has 2 aromatic carbocycles. The van der Waals surface area contributed by atoms with Gasteiger partial charge >= 0.3 is 6.09 Å². The number of hydrogen-bond donors (Lipinski definition) is 4. The second-order valence-electron chi connectivity index (χ2n) is 11.3. The number of carbonyl (C=O) groups excluding carboxylic acids is 1. The molecule has 0 aromatic heterocycles. The average molecular weight is 554 g/mol. The van der Waals surface area contributed by atoms with E-state index in [1.54, 1.807) is 12.1 Å². The van der Waals surface area contributed by atoms with Crippen molar-refractivity contribution in [1.29, 1.82) is 0 Å². The average Bonchev–Trinajstić information content (AvgIpc) is 2.98. The smallest absolute Gasteiger partial charge is 0.404 e. The predicted molar refractivity (Wildman–Crippen MR) is 155 cm³/mol. The molecule has 40 heavy (non-hydrogen) atoms. The quantitative estimate of drug-likeness (QED) is 0.277. The molecular formula is C32H44FN3O4. The van der Waals surface area contributed by atoms with Crippen LogP contribution in [0.5, 0.6) is 0 Å². The molecule has 0 aliphatic carbocycles. The highest BCUT2D eigenvalue weighted by Gasteiger charge is 2.43.